The zero-order valence-corrected chi connectivity index (χ0v) is 15.8. The molecule has 0 aliphatic carbocycles. The first-order valence-electron chi connectivity index (χ1n) is 8.70. The highest BCUT2D eigenvalue weighted by Crippen LogP contribution is 2.32. The number of amides is 2. The lowest BCUT2D eigenvalue weighted by atomic mass is 10.2. The van der Waals surface area contributed by atoms with E-state index in [4.69, 9.17) is 16.3 Å². The number of hydrogen-bond donors (Lipinski definition) is 2. The summed E-state index contributed by atoms with van der Waals surface area (Å²) in [5.41, 5.74) is 0.874. The van der Waals surface area contributed by atoms with Gasteiger partial charge in [0.15, 0.2) is 0 Å². The third-order valence-electron chi connectivity index (χ3n) is 4.24. The molecule has 4 rings (SSSR count). The second-order valence-corrected chi connectivity index (χ2v) is 6.59. The molecule has 0 spiro atoms. The van der Waals surface area contributed by atoms with E-state index in [0.717, 1.165) is 4.90 Å². The van der Waals surface area contributed by atoms with Crippen molar-refractivity contribution in [3.05, 3.63) is 89.6 Å². The molecule has 0 saturated heterocycles. The van der Waals surface area contributed by atoms with Crippen molar-refractivity contribution < 1.29 is 19.4 Å². The van der Waals surface area contributed by atoms with Crippen molar-refractivity contribution in [3.8, 4) is 17.2 Å². The predicted octanol–water partition coefficient (Wildman–Crippen LogP) is 4.62. The monoisotopic (exact) mass is 406 g/mol. The van der Waals surface area contributed by atoms with Gasteiger partial charge in [-0.25, -0.2) is 4.90 Å². The van der Waals surface area contributed by atoms with Crippen LogP contribution in [0.5, 0.6) is 17.2 Å². The second-order valence-electron chi connectivity index (χ2n) is 6.22. The number of phenols is 1. The minimum absolute atomic E-state index is 0.0213. The second kappa shape index (κ2) is 7.69. The van der Waals surface area contributed by atoms with E-state index in [-0.39, 0.29) is 16.5 Å². The topological polar surface area (TPSA) is 78.9 Å². The number of anilines is 2. The van der Waals surface area contributed by atoms with E-state index in [1.807, 2.05) is 30.3 Å². The van der Waals surface area contributed by atoms with E-state index in [2.05, 4.69) is 5.32 Å². The quantitative estimate of drug-likeness (QED) is 0.477. The lowest BCUT2D eigenvalue weighted by molar-refractivity contribution is -0.120. The van der Waals surface area contributed by atoms with E-state index in [1.165, 1.54) is 12.1 Å². The van der Waals surface area contributed by atoms with Gasteiger partial charge in [0, 0.05) is 5.69 Å². The van der Waals surface area contributed by atoms with Crippen LogP contribution in [-0.4, -0.2) is 16.9 Å². The number of phenolic OH excluding ortho intramolecular Hbond substituents is 1. The maximum absolute atomic E-state index is 12.8. The fourth-order valence-corrected chi connectivity index (χ4v) is 3.04. The molecule has 1 aliphatic heterocycles. The number of imide groups is 1. The minimum Gasteiger partial charge on any atom is -0.508 e. The molecule has 0 radical (unpaired) electrons. The largest absolute Gasteiger partial charge is 0.508 e. The summed E-state index contributed by atoms with van der Waals surface area (Å²) in [6.45, 7) is 0. The van der Waals surface area contributed by atoms with E-state index in [1.54, 1.807) is 36.4 Å². The Balaban J connectivity index is 1.52. The van der Waals surface area contributed by atoms with Gasteiger partial charge in [-0.15, -0.1) is 0 Å². The third-order valence-corrected chi connectivity index (χ3v) is 4.59. The summed E-state index contributed by atoms with van der Waals surface area (Å²) in [6.07, 6.45) is 0. The summed E-state index contributed by atoms with van der Waals surface area (Å²) in [5.74, 6) is 0.155. The standard InChI is InChI=1S/C22H15ClN2O4/c23-19-20(24-14-6-10-16(26)11-7-14)22(28)25(21(19)27)15-8-12-18(13-9-15)29-17-4-2-1-3-5-17/h1-13,24,26H. The van der Waals surface area contributed by atoms with Crippen LogP contribution in [0, 0.1) is 0 Å². The van der Waals surface area contributed by atoms with Gasteiger partial charge in [0.2, 0.25) is 0 Å². The first-order valence-corrected chi connectivity index (χ1v) is 9.08. The molecule has 3 aromatic rings. The van der Waals surface area contributed by atoms with Crippen molar-refractivity contribution in [1.82, 2.24) is 0 Å². The van der Waals surface area contributed by atoms with E-state index in [0.29, 0.717) is 22.9 Å². The summed E-state index contributed by atoms with van der Waals surface area (Å²) in [6, 6.07) is 21.9. The van der Waals surface area contributed by atoms with Gasteiger partial charge in [0.05, 0.1) is 5.69 Å². The van der Waals surface area contributed by atoms with Crippen molar-refractivity contribution in [2.45, 2.75) is 0 Å². The summed E-state index contributed by atoms with van der Waals surface area (Å²) in [4.78, 5) is 26.3. The van der Waals surface area contributed by atoms with E-state index in [9.17, 15) is 14.7 Å². The number of para-hydroxylation sites is 1. The Morgan fingerprint density at radius 2 is 1.41 bits per heavy atom. The van der Waals surface area contributed by atoms with E-state index < -0.39 is 11.8 Å². The highest BCUT2D eigenvalue weighted by atomic mass is 35.5. The minimum atomic E-state index is -0.616. The lowest BCUT2D eigenvalue weighted by Gasteiger charge is -2.16. The number of hydrogen-bond acceptors (Lipinski definition) is 5. The fraction of sp³-hybridized carbons (Fsp3) is 0. The van der Waals surface area contributed by atoms with E-state index >= 15 is 0 Å². The molecule has 0 bridgehead atoms. The molecular weight excluding hydrogens is 392 g/mol. The Morgan fingerprint density at radius 3 is 2.07 bits per heavy atom. The molecule has 3 aromatic carbocycles. The summed E-state index contributed by atoms with van der Waals surface area (Å²) in [5, 5.41) is 12.0. The predicted molar refractivity (Wildman–Crippen MR) is 110 cm³/mol. The molecule has 2 amide bonds. The smallest absolute Gasteiger partial charge is 0.283 e. The normalized spacial score (nSPS) is 13.8. The van der Waals surface area contributed by atoms with Crippen LogP contribution in [0.2, 0.25) is 0 Å². The number of rotatable bonds is 5. The van der Waals surface area contributed by atoms with Crippen molar-refractivity contribution in [2.75, 3.05) is 10.2 Å². The van der Waals surface area contributed by atoms with Gasteiger partial charge in [0.1, 0.15) is 28.0 Å². The zero-order chi connectivity index (χ0) is 20.4. The number of carbonyl (C=O) groups is 2. The fourth-order valence-electron chi connectivity index (χ4n) is 2.82. The lowest BCUT2D eigenvalue weighted by Crippen LogP contribution is -2.32. The third kappa shape index (κ3) is 3.79. The maximum Gasteiger partial charge on any atom is 0.283 e. The first kappa shape index (κ1) is 18.6. The Kier molecular flexibility index (Phi) is 4.93. The van der Waals surface area contributed by atoms with Crippen LogP contribution in [-0.2, 0) is 9.59 Å². The van der Waals surface area contributed by atoms with Crippen LogP contribution in [0.15, 0.2) is 89.6 Å². The number of aromatic hydroxyl groups is 1. The van der Waals surface area contributed by atoms with Gasteiger partial charge in [-0.1, -0.05) is 29.8 Å². The van der Waals surface area contributed by atoms with Crippen molar-refractivity contribution >= 4 is 34.8 Å². The number of benzene rings is 3. The molecule has 0 aromatic heterocycles. The summed E-state index contributed by atoms with van der Waals surface area (Å²) >= 11 is 6.12. The zero-order valence-electron chi connectivity index (χ0n) is 15.0. The molecular formula is C22H15ClN2O4. The molecule has 0 unspecified atom stereocenters. The molecule has 7 heteroatoms. The Labute approximate surface area is 171 Å². The van der Waals surface area contributed by atoms with Gasteiger partial charge in [-0.2, -0.15) is 0 Å². The maximum atomic E-state index is 12.8. The molecule has 6 nitrogen and oxygen atoms in total. The van der Waals surface area contributed by atoms with Crippen LogP contribution in [0.25, 0.3) is 0 Å². The highest BCUT2D eigenvalue weighted by molar-refractivity contribution is 6.53. The number of halogens is 1. The van der Waals surface area contributed by atoms with Crippen molar-refractivity contribution in [3.63, 3.8) is 0 Å². The van der Waals surface area contributed by atoms with Crippen molar-refractivity contribution in [2.24, 2.45) is 0 Å². The van der Waals surface area contributed by atoms with Crippen LogP contribution in [0.4, 0.5) is 11.4 Å². The molecule has 29 heavy (non-hydrogen) atoms. The molecule has 1 aliphatic rings. The number of nitrogens with zero attached hydrogens (tertiary/aromatic N) is 1. The van der Waals surface area contributed by atoms with Crippen LogP contribution < -0.4 is 15.0 Å². The van der Waals surface area contributed by atoms with Gasteiger partial charge < -0.3 is 15.2 Å². The van der Waals surface area contributed by atoms with Gasteiger partial charge >= 0.3 is 0 Å². The van der Waals surface area contributed by atoms with Gasteiger partial charge in [-0.05, 0) is 60.7 Å². The first-order chi connectivity index (χ1) is 14.0. The van der Waals surface area contributed by atoms with Crippen LogP contribution >= 0.6 is 11.6 Å². The average Bonchev–Trinajstić information content (AvgIpc) is 2.94. The summed E-state index contributed by atoms with van der Waals surface area (Å²) in [7, 11) is 0. The summed E-state index contributed by atoms with van der Waals surface area (Å²) < 4.78 is 5.72. The molecule has 0 saturated carbocycles. The molecule has 144 valence electrons. The Morgan fingerprint density at radius 1 is 0.793 bits per heavy atom. The molecule has 0 atom stereocenters. The van der Waals surface area contributed by atoms with Crippen LogP contribution in [0.1, 0.15) is 0 Å². The molecule has 0 fully saturated rings. The van der Waals surface area contributed by atoms with Gasteiger partial charge in [-0.3, -0.25) is 9.59 Å². The Bertz CT molecular complexity index is 1090. The molecule has 1 heterocycles. The van der Waals surface area contributed by atoms with Crippen molar-refractivity contribution in [1.29, 1.82) is 0 Å². The SMILES string of the molecule is O=C1C(Cl)=C(Nc2ccc(O)cc2)C(=O)N1c1ccc(Oc2ccccc2)cc1. The number of ether oxygens (including phenoxy) is 1. The molecule has 2 N–H and O–H groups in total. The Hall–Kier alpha value is -3.77. The number of nitrogens with one attached hydrogen (secondary N) is 1. The highest BCUT2D eigenvalue weighted by Gasteiger charge is 2.38. The average molecular weight is 407 g/mol. The number of carbonyl (C=O) groups excluding carboxylic acids is 2. The van der Waals surface area contributed by atoms with Gasteiger partial charge in [0.25, 0.3) is 11.8 Å². The van der Waals surface area contributed by atoms with Crippen LogP contribution in [0.3, 0.4) is 0 Å².